The van der Waals surface area contributed by atoms with Gasteiger partial charge in [-0.15, -0.1) is 5.73 Å². The highest BCUT2D eigenvalue weighted by atomic mass is 17.2. The van der Waals surface area contributed by atoms with E-state index in [1.807, 2.05) is 0 Å². The van der Waals surface area contributed by atoms with E-state index in [1.54, 1.807) is 6.08 Å². The third kappa shape index (κ3) is 5.44. The van der Waals surface area contributed by atoms with E-state index >= 15 is 0 Å². The van der Waals surface area contributed by atoms with Crippen molar-refractivity contribution in [3.8, 4) is 0 Å². The molecule has 0 heterocycles. The second kappa shape index (κ2) is 5.44. The Kier molecular flexibility index (Phi) is 5.00. The molecule has 40 valence electrons. The van der Waals surface area contributed by atoms with Crippen molar-refractivity contribution in [3.63, 3.8) is 0 Å². The summed E-state index contributed by atoms with van der Waals surface area (Å²) in [5.74, 6) is 0. The molecule has 0 aromatic carbocycles. The molecule has 2 heteroatoms. The standard InChI is InChI=1S/C5H8O2/c1-3-4-5-7-6-2/h4H,1,5H2,2H3. The van der Waals surface area contributed by atoms with Crippen LogP contribution in [0, 0.1) is 0 Å². The lowest BCUT2D eigenvalue weighted by atomic mass is 10.7. The first-order valence-corrected chi connectivity index (χ1v) is 1.91. The average molecular weight is 100 g/mol. The highest BCUT2D eigenvalue weighted by molar-refractivity contribution is 4.73. The first kappa shape index (κ1) is 6.44. The quantitative estimate of drug-likeness (QED) is 0.227. The molecule has 0 atom stereocenters. The molecule has 0 saturated heterocycles. The van der Waals surface area contributed by atoms with Gasteiger partial charge in [0, 0.05) is 0 Å². The second-order valence-corrected chi connectivity index (χ2v) is 0.859. The maximum Gasteiger partial charge on any atom is 0.108 e. The van der Waals surface area contributed by atoms with Gasteiger partial charge in [-0.1, -0.05) is 6.58 Å². The van der Waals surface area contributed by atoms with Gasteiger partial charge in [-0.3, -0.25) is 0 Å². The fourth-order valence-electron chi connectivity index (χ4n) is 0.161. The molecule has 0 fully saturated rings. The first-order valence-electron chi connectivity index (χ1n) is 1.91. The van der Waals surface area contributed by atoms with E-state index in [0.717, 1.165) is 0 Å². The summed E-state index contributed by atoms with van der Waals surface area (Å²) < 4.78 is 0. The number of rotatable bonds is 3. The summed E-state index contributed by atoms with van der Waals surface area (Å²) in [5.41, 5.74) is 2.52. The fourth-order valence-corrected chi connectivity index (χ4v) is 0.161. The molecule has 0 N–H and O–H groups in total. The molecule has 0 aliphatic carbocycles. The zero-order valence-electron chi connectivity index (χ0n) is 4.31. The monoisotopic (exact) mass is 100 g/mol. The topological polar surface area (TPSA) is 18.5 Å². The number of hydrogen-bond acceptors (Lipinski definition) is 2. The van der Waals surface area contributed by atoms with Crippen LogP contribution in [0.2, 0.25) is 0 Å². The Morgan fingerprint density at radius 2 is 2.57 bits per heavy atom. The van der Waals surface area contributed by atoms with Gasteiger partial charge >= 0.3 is 0 Å². The Hall–Kier alpha value is -0.560. The Balaban J connectivity index is 2.83. The molecule has 0 aromatic heterocycles. The van der Waals surface area contributed by atoms with Crippen molar-refractivity contribution in [1.82, 2.24) is 0 Å². The van der Waals surface area contributed by atoms with Crippen molar-refractivity contribution in [3.05, 3.63) is 18.4 Å². The lowest BCUT2D eigenvalue weighted by Gasteiger charge is -1.88. The second-order valence-electron chi connectivity index (χ2n) is 0.859. The highest BCUT2D eigenvalue weighted by Crippen LogP contribution is 1.71. The van der Waals surface area contributed by atoms with Crippen molar-refractivity contribution >= 4 is 0 Å². The molecule has 0 rings (SSSR count). The van der Waals surface area contributed by atoms with Crippen molar-refractivity contribution in [2.45, 2.75) is 0 Å². The van der Waals surface area contributed by atoms with Gasteiger partial charge in [0.05, 0.1) is 7.11 Å². The van der Waals surface area contributed by atoms with E-state index in [4.69, 9.17) is 0 Å². The van der Waals surface area contributed by atoms with Gasteiger partial charge in [-0.2, -0.15) is 0 Å². The molecule has 0 amide bonds. The summed E-state index contributed by atoms with van der Waals surface area (Å²) in [4.78, 5) is 8.66. The summed E-state index contributed by atoms with van der Waals surface area (Å²) in [6, 6.07) is 0. The summed E-state index contributed by atoms with van der Waals surface area (Å²) in [5, 5.41) is 0. The number of hydrogen-bond donors (Lipinski definition) is 0. The van der Waals surface area contributed by atoms with Crippen LogP contribution in [-0.4, -0.2) is 13.7 Å². The normalized spacial score (nSPS) is 7.57. The predicted octanol–water partition coefficient (Wildman–Crippen LogP) is 0.905. The molecular formula is C5H8O2. The van der Waals surface area contributed by atoms with Gasteiger partial charge in [0.2, 0.25) is 0 Å². The van der Waals surface area contributed by atoms with Gasteiger partial charge in [-0.05, 0) is 6.08 Å². The Labute approximate surface area is 43.0 Å². The minimum atomic E-state index is 0.417. The largest absolute Gasteiger partial charge is 0.240 e. The Morgan fingerprint density at radius 3 is 3.00 bits per heavy atom. The van der Waals surface area contributed by atoms with Crippen molar-refractivity contribution in [2.75, 3.05) is 13.7 Å². The van der Waals surface area contributed by atoms with E-state index in [2.05, 4.69) is 22.1 Å². The molecule has 0 radical (unpaired) electrons. The lowest BCUT2D eigenvalue weighted by molar-refractivity contribution is -0.263. The minimum absolute atomic E-state index is 0.417. The molecule has 0 saturated carbocycles. The van der Waals surface area contributed by atoms with Gasteiger partial charge < -0.3 is 0 Å². The van der Waals surface area contributed by atoms with Crippen molar-refractivity contribution < 1.29 is 9.78 Å². The summed E-state index contributed by atoms with van der Waals surface area (Å²) >= 11 is 0. The van der Waals surface area contributed by atoms with Gasteiger partial charge in [0.25, 0.3) is 0 Å². The van der Waals surface area contributed by atoms with E-state index in [9.17, 15) is 0 Å². The zero-order valence-corrected chi connectivity index (χ0v) is 4.31. The van der Waals surface area contributed by atoms with E-state index in [1.165, 1.54) is 7.11 Å². The molecule has 0 spiro atoms. The smallest absolute Gasteiger partial charge is 0.108 e. The molecule has 0 unspecified atom stereocenters. The van der Waals surface area contributed by atoms with Crippen LogP contribution in [0.25, 0.3) is 0 Å². The molecule has 0 aliphatic heterocycles. The highest BCUT2D eigenvalue weighted by Gasteiger charge is 1.69. The van der Waals surface area contributed by atoms with Crippen molar-refractivity contribution in [2.24, 2.45) is 0 Å². The van der Waals surface area contributed by atoms with Gasteiger partial charge in [-0.25, -0.2) is 9.78 Å². The Bertz CT molecular complexity index is 72.1. The van der Waals surface area contributed by atoms with E-state index < -0.39 is 0 Å². The van der Waals surface area contributed by atoms with Crippen molar-refractivity contribution in [1.29, 1.82) is 0 Å². The third-order valence-electron chi connectivity index (χ3n) is 0.414. The van der Waals surface area contributed by atoms with Crippen LogP contribution in [0.1, 0.15) is 0 Å². The van der Waals surface area contributed by atoms with Crippen LogP contribution in [0.5, 0.6) is 0 Å². The third-order valence-corrected chi connectivity index (χ3v) is 0.414. The molecule has 0 bridgehead atoms. The van der Waals surface area contributed by atoms with Crippen LogP contribution in [-0.2, 0) is 9.78 Å². The SMILES string of the molecule is C=C=CCOOC. The molecule has 7 heavy (non-hydrogen) atoms. The van der Waals surface area contributed by atoms with Crippen LogP contribution in [0.3, 0.4) is 0 Å². The van der Waals surface area contributed by atoms with Crippen LogP contribution in [0.4, 0.5) is 0 Å². The summed E-state index contributed by atoms with van der Waals surface area (Å²) in [6.07, 6.45) is 1.63. The van der Waals surface area contributed by atoms with E-state index in [0.29, 0.717) is 6.61 Å². The van der Waals surface area contributed by atoms with E-state index in [-0.39, 0.29) is 0 Å². The Morgan fingerprint density at radius 1 is 1.86 bits per heavy atom. The molecule has 0 aromatic rings. The maximum absolute atomic E-state index is 4.42. The lowest BCUT2D eigenvalue weighted by Crippen LogP contribution is -1.85. The zero-order chi connectivity index (χ0) is 5.54. The van der Waals surface area contributed by atoms with Crippen LogP contribution >= 0.6 is 0 Å². The van der Waals surface area contributed by atoms with Crippen LogP contribution in [0.15, 0.2) is 18.4 Å². The average Bonchev–Trinajstić information content (AvgIpc) is 1.69. The summed E-state index contributed by atoms with van der Waals surface area (Å²) in [7, 11) is 1.46. The van der Waals surface area contributed by atoms with Gasteiger partial charge in [0.15, 0.2) is 0 Å². The fraction of sp³-hybridized carbons (Fsp3) is 0.400. The van der Waals surface area contributed by atoms with Crippen LogP contribution < -0.4 is 0 Å². The summed E-state index contributed by atoms with van der Waals surface area (Å²) in [6.45, 7) is 3.73. The minimum Gasteiger partial charge on any atom is -0.240 e. The maximum atomic E-state index is 4.42. The molecular weight excluding hydrogens is 92.1 g/mol. The predicted molar refractivity (Wildman–Crippen MR) is 26.7 cm³/mol. The molecule has 0 aliphatic rings. The van der Waals surface area contributed by atoms with Gasteiger partial charge in [0.1, 0.15) is 6.61 Å². The first-order chi connectivity index (χ1) is 3.41. The molecule has 2 nitrogen and oxygen atoms in total.